The van der Waals surface area contributed by atoms with Gasteiger partial charge in [-0.05, 0) is 86.4 Å². The third kappa shape index (κ3) is 6.54. The van der Waals surface area contributed by atoms with Gasteiger partial charge in [-0.2, -0.15) is 0 Å². The summed E-state index contributed by atoms with van der Waals surface area (Å²) in [5.74, 6) is -0.225. The van der Waals surface area contributed by atoms with Crippen molar-refractivity contribution in [3.05, 3.63) is 89.0 Å². The predicted molar refractivity (Wildman–Crippen MR) is 142 cm³/mol. The minimum atomic E-state index is -0.896. The second kappa shape index (κ2) is 11.9. The first-order valence-electron chi connectivity index (χ1n) is 13.2. The molecule has 1 aliphatic rings. The van der Waals surface area contributed by atoms with Crippen molar-refractivity contribution in [2.24, 2.45) is 0 Å². The van der Waals surface area contributed by atoms with Crippen molar-refractivity contribution in [1.82, 2.24) is 4.90 Å². The number of benzene rings is 3. The van der Waals surface area contributed by atoms with E-state index in [4.69, 9.17) is 11.2 Å². The first-order chi connectivity index (χ1) is 17.8. The minimum Gasteiger partial charge on any atom is -0.493 e. The van der Waals surface area contributed by atoms with Gasteiger partial charge in [0.05, 0.1) is 7.98 Å². The van der Waals surface area contributed by atoms with Crippen molar-refractivity contribution in [3.8, 4) is 16.9 Å². The van der Waals surface area contributed by atoms with Crippen LogP contribution in [0.4, 0.5) is 0 Å². The van der Waals surface area contributed by atoms with Crippen LogP contribution in [0.15, 0.2) is 66.7 Å². The normalized spacial score (nSPS) is 14.1. The minimum absolute atomic E-state index is 0.150. The lowest BCUT2D eigenvalue weighted by molar-refractivity contribution is -0.137. The molecule has 188 valence electrons. The summed E-state index contributed by atoms with van der Waals surface area (Å²) >= 11 is 0. The Morgan fingerprint density at radius 1 is 0.972 bits per heavy atom. The van der Waals surface area contributed by atoms with Crippen LogP contribution in [-0.4, -0.2) is 34.5 Å². The number of ether oxygens (including phenoxy) is 1. The summed E-state index contributed by atoms with van der Waals surface area (Å²) in [6, 6.07) is 20.7. The molecule has 36 heavy (non-hydrogen) atoms. The van der Waals surface area contributed by atoms with E-state index in [0.717, 1.165) is 29.5 Å². The van der Waals surface area contributed by atoms with Crippen LogP contribution >= 0.6 is 0 Å². The van der Waals surface area contributed by atoms with Gasteiger partial charge in [-0.25, -0.2) is 0 Å². The first kappa shape index (κ1) is 24.1. The molecule has 5 nitrogen and oxygen atoms in total. The number of hydrogen-bond acceptors (Lipinski definition) is 3. The van der Waals surface area contributed by atoms with Crippen LogP contribution in [0.3, 0.4) is 0 Å². The van der Waals surface area contributed by atoms with Crippen LogP contribution in [-0.2, 0) is 11.3 Å². The van der Waals surface area contributed by atoms with E-state index in [1.807, 2.05) is 54.6 Å². The Balaban J connectivity index is 1.46. The maximum absolute atomic E-state index is 13.6. The summed E-state index contributed by atoms with van der Waals surface area (Å²) in [6.07, 6.45) is 3.67. The number of carboxylic acids is 1. The Bertz CT molecular complexity index is 1250. The lowest BCUT2D eigenvalue weighted by Crippen LogP contribution is -2.32. The molecule has 1 N–H and O–H groups in total. The standard InChI is InChI=1S/C31H35NO4/c1-22-9-8-11-28(23(22)2)24-14-16-25(17-15-24)31(35)32(27-18-19-27)21-26-10-5-6-12-29(26)36-20-7-3-4-13-30(33)34/h5-6,8-12,14-17,27H,3-4,7,13,18-21H2,1-2H3,(H,33,34)/i27D. The van der Waals surface area contributed by atoms with Crippen LogP contribution < -0.4 is 4.74 Å². The summed E-state index contributed by atoms with van der Waals surface area (Å²) in [5, 5.41) is 8.77. The van der Waals surface area contributed by atoms with E-state index in [1.54, 1.807) is 4.90 Å². The van der Waals surface area contributed by atoms with Crippen LogP contribution in [0.2, 0.25) is 0 Å². The molecule has 0 aromatic heterocycles. The molecule has 5 heteroatoms. The van der Waals surface area contributed by atoms with Gasteiger partial charge in [-0.3, -0.25) is 9.59 Å². The van der Waals surface area contributed by atoms with E-state index in [1.165, 1.54) is 11.1 Å². The highest BCUT2D eigenvalue weighted by Gasteiger charge is 2.33. The topological polar surface area (TPSA) is 66.8 Å². The lowest BCUT2D eigenvalue weighted by Gasteiger charge is -2.24. The molecule has 0 aliphatic heterocycles. The number of nitrogens with zero attached hydrogens (tertiary/aromatic N) is 1. The Labute approximate surface area is 215 Å². The highest BCUT2D eigenvalue weighted by atomic mass is 16.5. The fourth-order valence-corrected chi connectivity index (χ4v) is 4.35. The molecule has 0 radical (unpaired) electrons. The van der Waals surface area contributed by atoms with Crippen molar-refractivity contribution in [1.29, 1.82) is 0 Å². The highest BCUT2D eigenvalue weighted by molar-refractivity contribution is 5.95. The Morgan fingerprint density at radius 2 is 1.72 bits per heavy atom. The number of aliphatic carboxylic acids is 1. The number of para-hydroxylation sites is 1. The number of rotatable bonds is 12. The second-order valence-corrected chi connectivity index (χ2v) is 9.44. The molecular formula is C31H35NO4. The van der Waals surface area contributed by atoms with Crippen molar-refractivity contribution in [3.63, 3.8) is 0 Å². The van der Waals surface area contributed by atoms with E-state index in [-0.39, 0.29) is 12.3 Å². The van der Waals surface area contributed by atoms with E-state index in [0.29, 0.717) is 43.7 Å². The largest absolute Gasteiger partial charge is 0.493 e. The summed E-state index contributed by atoms with van der Waals surface area (Å²) in [6.45, 7) is 4.99. The molecule has 1 aliphatic carbocycles. The molecule has 0 unspecified atom stereocenters. The molecule has 0 bridgehead atoms. The van der Waals surface area contributed by atoms with Crippen molar-refractivity contribution >= 4 is 11.9 Å². The smallest absolute Gasteiger partial charge is 0.303 e. The SMILES string of the molecule is [2H]C1(N(Cc2ccccc2OCCCCCC(=O)O)C(=O)c2ccc(-c3cccc(C)c3C)cc2)CC1. The third-order valence-electron chi connectivity index (χ3n) is 6.74. The van der Waals surface area contributed by atoms with Gasteiger partial charge in [0.25, 0.3) is 5.91 Å². The maximum Gasteiger partial charge on any atom is 0.303 e. The van der Waals surface area contributed by atoms with Gasteiger partial charge in [0.2, 0.25) is 0 Å². The molecule has 3 aromatic carbocycles. The number of aryl methyl sites for hydroxylation is 1. The maximum atomic E-state index is 13.6. The Morgan fingerprint density at radius 3 is 2.44 bits per heavy atom. The number of carbonyl (C=O) groups excluding carboxylic acids is 1. The molecule has 0 saturated heterocycles. The summed E-state index contributed by atoms with van der Waals surface area (Å²) in [7, 11) is 0. The summed E-state index contributed by atoms with van der Waals surface area (Å²) in [5.41, 5.74) is 6.12. The zero-order chi connectivity index (χ0) is 26.4. The molecule has 1 amide bonds. The zero-order valence-electron chi connectivity index (χ0n) is 22.1. The van der Waals surface area contributed by atoms with E-state index < -0.39 is 12.0 Å². The van der Waals surface area contributed by atoms with E-state index in [2.05, 4.69) is 26.0 Å². The van der Waals surface area contributed by atoms with Gasteiger partial charge < -0.3 is 14.7 Å². The lowest BCUT2D eigenvalue weighted by atomic mass is 9.96. The highest BCUT2D eigenvalue weighted by Crippen LogP contribution is 2.32. The molecular weight excluding hydrogens is 450 g/mol. The van der Waals surface area contributed by atoms with Gasteiger partial charge >= 0.3 is 5.97 Å². The van der Waals surface area contributed by atoms with Gasteiger partial charge in [0.1, 0.15) is 5.75 Å². The first-order valence-corrected chi connectivity index (χ1v) is 12.7. The summed E-state index contributed by atoms with van der Waals surface area (Å²) in [4.78, 5) is 26.0. The molecule has 0 spiro atoms. The van der Waals surface area contributed by atoms with Gasteiger partial charge in [0, 0.05) is 30.1 Å². The Kier molecular flexibility index (Phi) is 7.96. The second-order valence-electron chi connectivity index (χ2n) is 9.44. The summed E-state index contributed by atoms with van der Waals surface area (Å²) < 4.78 is 14.8. The molecule has 0 atom stereocenters. The zero-order valence-corrected chi connectivity index (χ0v) is 21.1. The van der Waals surface area contributed by atoms with Gasteiger partial charge in [0.15, 0.2) is 0 Å². The van der Waals surface area contributed by atoms with Crippen molar-refractivity contribution in [2.75, 3.05) is 6.61 Å². The van der Waals surface area contributed by atoms with E-state index >= 15 is 0 Å². The molecule has 1 fully saturated rings. The molecule has 0 heterocycles. The van der Waals surface area contributed by atoms with Crippen LogP contribution in [0.5, 0.6) is 5.75 Å². The Hall–Kier alpha value is -3.60. The fraction of sp³-hybridized carbons (Fsp3) is 0.355. The number of hydrogen-bond donors (Lipinski definition) is 1. The van der Waals surface area contributed by atoms with Crippen LogP contribution in [0.25, 0.3) is 11.1 Å². The van der Waals surface area contributed by atoms with Crippen LogP contribution in [0.1, 0.15) is 66.9 Å². The van der Waals surface area contributed by atoms with Crippen LogP contribution in [0, 0.1) is 13.8 Å². The van der Waals surface area contributed by atoms with E-state index in [9.17, 15) is 9.59 Å². The van der Waals surface area contributed by atoms with Gasteiger partial charge in [-0.1, -0.05) is 48.5 Å². The molecule has 1 saturated carbocycles. The average Bonchev–Trinajstić information content (AvgIpc) is 3.64. The number of carbonyl (C=O) groups is 2. The number of carboxylic acid groups (broad SMARTS) is 1. The monoisotopic (exact) mass is 486 g/mol. The van der Waals surface area contributed by atoms with Gasteiger partial charge in [-0.15, -0.1) is 0 Å². The van der Waals surface area contributed by atoms with Crippen molar-refractivity contribution < 1.29 is 20.8 Å². The number of unbranched alkanes of at least 4 members (excludes halogenated alkanes) is 2. The average molecular weight is 487 g/mol. The fourth-order valence-electron chi connectivity index (χ4n) is 4.35. The molecule has 3 aromatic rings. The molecule has 4 rings (SSSR count). The van der Waals surface area contributed by atoms with Crippen molar-refractivity contribution in [2.45, 2.75) is 64.9 Å². The predicted octanol–water partition coefficient (Wildman–Crippen LogP) is 6.80. The number of amides is 1. The quantitative estimate of drug-likeness (QED) is 0.286. The third-order valence-corrected chi connectivity index (χ3v) is 6.74.